The number of fused-ring (bicyclic) bond motifs is 1. The van der Waals surface area contributed by atoms with Crippen LogP contribution in [0.1, 0.15) is 70.6 Å². The second-order valence-corrected chi connectivity index (χ2v) is 12.0. The van der Waals surface area contributed by atoms with E-state index in [9.17, 15) is 24.3 Å². The molecule has 0 unspecified atom stereocenters. The lowest BCUT2D eigenvalue weighted by Crippen LogP contribution is -2.45. The number of rotatable bonds is 14. The molecule has 1 saturated carbocycles. The van der Waals surface area contributed by atoms with E-state index in [-0.39, 0.29) is 37.2 Å². The molecule has 3 aromatic rings. The average Bonchev–Trinajstić information content (AvgIpc) is 3.68. The number of pyridine rings is 1. The average molecular weight is 592 g/mol. The molecule has 2 aromatic heterocycles. The largest absolute Gasteiger partial charge is 0.481 e. The number of nitrogens with one attached hydrogen (secondary N) is 3. The first-order chi connectivity index (χ1) is 20.5. The molecule has 0 saturated heterocycles. The van der Waals surface area contributed by atoms with Gasteiger partial charge in [-0.1, -0.05) is 24.3 Å². The van der Waals surface area contributed by atoms with Crippen molar-refractivity contribution >= 4 is 40.6 Å². The van der Waals surface area contributed by atoms with E-state index >= 15 is 0 Å². The Morgan fingerprint density at radius 3 is 2.58 bits per heavy atom. The fourth-order valence-corrected chi connectivity index (χ4v) is 5.00. The lowest BCUT2D eigenvalue weighted by Gasteiger charge is -2.24. The number of para-hydroxylation sites is 1. The van der Waals surface area contributed by atoms with Gasteiger partial charge in [0.25, 0.3) is 0 Å². The zero-order valence-electron chi connectivity index (χ0n) is 25.0. The van der Waals surface area contributed by atoms with E-state index in [0.29, 0.717) is 31.5 Å². The fraction of sp³-hybridized carbons (Fsp3) is 0.469. The zero-order chi connectivity index (χ0) is 31.0. The predicted molar refractivity (Wildman–Crippen MR) is 163 cm³/mol. The van der Waals surface area contributed by atoms with Gasteiger partial charge in [0.1, 0.15) is 11.4 Å². The number of anilines is 1. The summed E-state index contributed by atoms with van der Waals surface area (Å²) in [5, 5.41) is 16.0. The predicted octanol–water partition coefficient (Wildman–Crippen LogP) is 4.82. The molecule has 0 radical (unpaired) electrons. The summed E-state index contributed by atoms with van der Waals surface area (Å²) in [6.07, 6.45) is 5.19. The molecule has 1 atom stereocenters. The van der Waals surface area contributed by atoms with Gasteiger partial charge in [0.05, 0.1) is 13.0 Å². The molecule has 1 aliphatic carbocycles. The smallest absolute Gasteiger partial charge is 0.413 e. The van der Waals surface area contributed by atoms with Gasteiger partial charge in [-0.2, -0.15) is 0 Å². The maximum Gasteiger partial charge on any atom is 0.413 e. The number of nitrogens with zero attached hydrogens (tertiary/aromatic N) is 2. The van der Waals surface area contributed by atoms with E-state index in [1.807, 2.05) is 36.5 Å². The number of hydrogen-bond donors (Lipinski definition) is 4. The van der Waals surface area contributed by atoms with E-state index in [4.69, 9.17) is 4.74 Å². The minimum absolute atomic E-state index is 0.0295. The Morgan fingerprint density at radius 1 is 1.09 bits per heavy atom. The van der Waals surface area contributed by atoms with E-state index in [2.05, 4.69) is 20.6 Å². The molecular weight excluding hydrogens is 550 g/mol. The van der Waals surface area contributed by atoms with Crippen LogP contribution in [0.4, 0.5) is 10.6 Å². The zero-order valence-corrected chi connectivity index (χ0v) is 25.0. The molecule has 4 N–H and O–H groups in total. The van der Waals surface area contributed by atoms with Crippen molar-refractivity contribution in [2.75, 3.05) is 11.9 Å². The van der Waals surface area contributed by atoms with Crippen molar-refractivity contribution in [2.24, 2.45) is 0 Å². The van der Waals surface area contributed by atoms with Crippen LogP contribution in [0.25, 0.3) is 10.9 Å². The summed E-state index contributed by atoms with van der Waals surface area (Å²) in [4.78, 5) is 59.0. The van der Waals surface area contributed by atoms with Gasteiger partial charge >= 0.3 is 12.1 Å². The Bertz CT molecular complexity index is 1440. The molecule has 11 nitrogen and oxygen atoms in total. The van der Waals surface area contributed by atoms with Crippen molar-refractivity contribution < 1.29 is 29.0 Å². The highest BCUT2D eigenvalue weighted by Crippen LogP contribution is 2.28. The third-order valence-electron chi connectivity index (χ3n) is 7.10. The quantitative estimate of drug-likeness (QED) is 0.210. The molecule has 0 aliphatic heterocycles. The summed E-state index contributed by atoms with van der Waals surface area (Å²) in [6, 6.07) is 12.7. The minimum atomic E-state index is -0.988. The molecule has 0 spiro atoms. The lowest BCUT2D eigenvalue weighted by molar-refractivity contribution is -0.139. The highest BCUT2D eigenvalue weighted by Gasteiger charge is 2.34. The van der Waals surface area contributed by atoms with Crippen LogP contribution in [0, 0.1) is 0 Å². The molecule has 0 bridgehead atoms. The highest BCUT2D eigenvalue weighted by atomic mass is 16.6. The molecule has 2 heterocycles. The van der Waals surface area contributed by atoms with Crippen LogP contribution in [-0.2, 0) is 32.0 Å². The normalized spacial score (nSPS) is 13.7. The lowest BCUT2D eigenvalue weighted by atomic mass is 10.0. The van der Waals surface area contributed by atoms with Gasteiger partial charge < -0.3 is 25.0 Å². The first-order valence-corrected chi connectivity index (χ1v) is 14.8. The number of aliphatic carboxylic acids is 1. The maximum atomic E-state index is 13.1. The van der Waals surface area contributed by atoms with Crippen molar-refractivity contribution in [2.45, 2.75) is 89.8 Å². The molecule has 4 rings (SSSR count). The van der Waals surface area contributed by atoms with Gasteiger partial charge in [0, 0.05) is 41.3 Å². The Balaban J connectivity index is 1.27. The standard InChI is InChI=1S/C32H41N5O6/c1-32(2,3)43-31(42)36-27-12-6-8-22(34-27)9-7-13-29(39)37(24-16-17-24)20-28(38)35-23(18-30(40)41)15-14-21-19-33-26-11-5-4-10-25(21)26/h4-6,8,10-12,19,23-24,33H,7,9,13-18,20H2,1-3H3,(H,35,38)(H,40,41)(H,34,36,42)/t23-/m1/s1. The number of carbonyl (C=O) groups excluding carboxylic acids is 3. The van der Waals surface area contributed by atoms with Crippen molar-refractivity contribution in [3.05, 3.63) is 59.9 Å². The Labute approximate surface area is 251 Å². The number of H-pyrrole nitrogens is 1. The second kappa shape index (κ2) is 14.2. The molecule has 3 amide bonds. The third kappa shape index (κ3) is 10.1. The van der Waals surface area contributed by atoms with Crippen LogP contribution < -0.4 is 10.6 Å². The number of aromatic nitrogens is 2. The molecule has 1 aliphatic rings. The third-order valence-corrected chi connectivity index (χ3v) is 7.10. The number of amides is 3. The van der Waals surface area contributed by atoms with Gasteiger partial charge in [-0.15, -0.1) is 0 Å². The van der Waals surface area contributed by atoms with Crippen molar-refractivity contribution in [3.63, 3.8) is 0 Å². The first-order valence-electron chi connectivity index (χ1n) is 14.8. The molecule has 1 fully saturated rings. The summed E-state index contributed by atoms with van der Waals surface area (Å²) in [6.45, 7) is 5.24. The number of aromatic amines is 1. The minimum Gasteiger partial charge on any atom is -0.481 e. The molecule has 11 heteroatoms. The number of carboxylic acid groups (broad SMARTS) is 1. The summed E-state index contributed by atoms with van der Waals surface area (Å²) in [5.74, 6) is -1.09. The van der Waals surface area contributed by atoms with Crippen LogP contribution >= 0.6 is 0 Å². The van der Waals surface area contributed by atoms with Crippen LogP contribution in [0.2, 0.25) is 0 Å². The first kappa shape index (κ1) is 31.5. The van der Waals surface area contributed by atoms with Gasteiger partial charge in [0.2, 0.25) is 11.8 Å². The van der Waals surface area contributed by atoms with Crippen LogP contribution in [0.3, 0.4) is 0 Å². The number of hydrogen-bond acceptors (Lipinski definition) is 6. The summed E-state index contributed by atoms with van der Waals surface area (Å²) >= 11 is 0. The van der Waals surface area contributed by atoms with E-state index in [0.717, 1.165) is 35.0 Å². The van der Waals surface area contributed by atoms with E-state index < -0.39 is 23.7 Å². The van der Waals surface area contributed by atoms with Gasteiger partial charge in [-0.3, -0.25) is 19.7 Å². The molecule has 1 aromatic carbocycles. The topological polar surface area (TPSA) is 154 Å². The number of ether oxygens (including phenoxy) is 1. The Hall–Kier alpha value is -4.41. The highest BCUT2D eigenvalue weighted by molar-refractivity contribution is 5.86. The SMILES string of the molecule is CC(C)(C)OC(=O)Nc1cccc(CCCC(=O)N(CC(=O)N[C@H](CCc2c[nH]c3ccccc23)CC(=O)O)C2CC2)n1. The van der Waals surface area contributed by atoms with Crippen LogP contribution in [0.5, 0.6) is 0 Å². The van der Waals surface area contributed by atoms with E-state index in [1.54, 1.807) is 37.8 Å². The van der Waals surface area contributed by atoms with Crippen molar-refractivity contribution in [3.8, 4) is 0 Å². The molecular formula is C32H41N5O6. The second-order valence-electron chi connectivity index (χ2n) is 12.0. The monoisotopic (exact) mass is 591 g/mol. The number of carbonyl (C=O) groups is 4. The number of carboxylic acids is 1. The van der Waals surface area contributed by atoms with E-state index in [1.165, 1.54) is 0 Å². The van der Waals surface area contributed by atoms with Crippen molar-refractivity contribution in [1.82, 2.24) is 20.2 Å². The molecule has 230 valence electrons. The fourth-order valence-electron chi connectivity index (χ4n) is 5.00. The van der Waals surface area contributed by atoms with Crippen LogP contribution in [0.15, 0.2) is 48.7 Å². The summed E-state index contributed by atoms with van der Waals surface area (Å²) in [7, 11) is 0. The van der Waals surface area contributed by atoms with Gasteiger partial charge in [-0.25, -0.2) is 9.78 Å². The maximum absolute atomic E-state index is 13.1. The van der Waals surface area contributed by atoms with Crippen LogP contribution in [-0.4, -0.2) is 68.1 Å². The Morgan fingerprint density at radius 2 is 1.86 bits per heavy atom. The molecule has 43 heavy (non-hydrogen) atoms. The summed E-state index contributed by atoms with van der Waals surface area (Å²) < 4.78 is 5.27. The Kier molecular flexibility index (Phi) is 10.4. The van der Waals surface area contributed by atoms with Crippen molar-refractivity contribution in [1.29, 1.82) is 0 Å². The summed E-state index contributed by atoms with van der Waals surface area (Å²) in [5.41, 5.74) is 2.18. The number of benzene rings is 1. The van der Waals surface area contributed by atoms with Gasteiger partial charge in [-0.05, 0) is 83.1 Å². The number of aryl methyl sites for hydroxylation is 2. The van der Waals surface area contributed by atoms with Gasteiger partial charge in [0.15, 0.2) is 0 Å².